The van der Waals surface area contributed by atoms with E-state index in [1.54, 1.807) is 30.5 Å². The van der Waals surface area contributed by atoms with Gasteiger partial charge < -0.3 is 10.0 Å². The molecule has 6 heteroatoms. The first-order valence-corrected chi connectivity index (χ1v) is 7.10. The molecule has 116 valence electrons. The fraction of sp³-hybridized carbons (Fsp3) is 0.312. The minimum Gasteiger partial charge on any atom is -0.508 e. The van der Waals surface area contributed by atoms with Crippen LogP contribution in [-0.2, 0) is 0 Å². The van der Waals surface area contributed by atoms with Gasteiger partial charge in [-0.2, -0.15) is 5.10 Å². The van der Waals surface area contributed by atoms with Gasteiger partial charge in [0.25, 0.3) is 0 Å². The Kier molecular flexibility index (Phi) is 4.93. The predicted molar refractivity (Wildman–Crippen MR) is 89.8 cm³/mol. The number of hydrogen-bond donors (Lipinski definition) is 2. The highest BCUT2D eigenvalue weighted by Gasteiger charge is 2.08. The third kappa shape index (κ3) is 4.18. The molecule has 2 rings (SSSR count). The molecule has 2 N–H and O–H groups in total. The summed E-state index contributed by atoms with van der Waals surface area (Å²) in [7, 11) is 3.88. The van der Waals surface area contributed by atoms with Gasteiger partial charge in [0, 0.05) is 26.1 Å². The highest BCUT2D eigenvalue weighted by Crippen LogP contribution is 2.18. The molecule has 1 heterocycles. The van der Waals surface area contributed by atoms with Gasteiger partial charge in [-0.15, -0.1) is 0 Å². The Balaban J connectivity index is 2.16. The molecular weight excluding hydrogens is 278 g/mol. The number of hydrogen-bond acceptors (Lipinski definition) is 6. The van der Waals surface area contributed by atoms with Gasteiger partial charge in [-0.25, -0.2) is 9.97 Å². The number of phenols is 1. The maximum absolute atomic E-state index is 9.24. The van der Waals surface area contributed by atoms with Crippen LogP contribution in [0.3, 0.4) is 0 Å². The van der Waals surface area contributed by atoms with Crippen LogP contribution in [0.1, 0.15) is 31.2 Å². The second kappa shape index (κ2) is 6.89. The number of hydrazone groups is 1. The van der Waals surface area contributed by atoms with Gasteiger partial charge in [0.2, 0.25) is 0 Å². The van der Waals surface area contributed by atoms with E-state index in [4.69, 9.17) is 0 Å². The SMILES string of the molecule is CC(C)c1nc(N/N=C\c2ccc(O)cc2)cc(N(C)C)n1. The van der Waals surface area contributed by atoms with Crippen LogP contribution in [0.2, 0.25) is 0 Å². The summed E-state index contributed by atoms with van der Waals surface area (Å²) < 4.78 is 0. The average molecular weight is 299 g/mol. The lowest BCUT2D eigenvalue weighted by molar-refractivity contribution is 0.475. The van der Waals surface area contributed by atoms with E-state index in [1.165, 1.54) is 0 Å². The molecule has 0 amide bonds. The van der Waals surface area contributed by atoms with Gasteiger partial charge in [-0.3, -0.25) is 5.43 Å². The minimum absolute atomic E-state index is 0.234. The summed E-state index contributed by atoms with van der Waals surface area (Å²) >= 11 is 0. The van der Waals surface area contributed by atoms with Gasteiger partial charge in [-0.1, -0.05) is 13.8 Å². The Morgan fingerprint density at radius 1 is 1.18 bits per heavy atom. The van der Waals surface area contributed by atoms with Crippen LogP contribution in [0.25, 0.3) is 0 Å². The van der Waals surface area contributed by atoms with Crippen LogP contribution in [0, 0.1) is 0 Å². The lowest BCUT2D eigenvalue weighted by Crippen LogP contribution is -2.13. The van der Waals surface area contributed by atoms with E-state index in [1.807, 2.05) is 25.1 Å². The summed E-state index contributed by atoms with van der Waals surface area (Å²) in [4.78, 5) is 10.9. The van der Waals surface area contributed by atoms with E-state index in [0.717, 1.165) is 17.2 Å². The largest absolute Gasteiger partial charge is 0.508 e. The Morgan fingerprint density at radius 2 is 1.86 bits per heavy atom. The standard InChI is InChI=1S/C16H21N5O/c1-11(2)16-18-14(9-15(19-16)21(3)4)20-17-10-12-5-7-13(22)8-6-12/h5-11,22H,1-4H3,(H,18,19,20)/b17-10-. The normalized spacial score (nSPS) is 11.1. The van der Waals surface area contributed by atoms with E-state index in [-0.39, 0.29) is 11.7 Å². The molecule has 6 nitrogen and oxygen atoms in total. The van der Waals surface area contributed by atoms with E-state index in [9.17, 15) is 5.11 Å². The lowest BCUT2D eigenvalue weighted by Gasteiger charge is -2.15. The summed E-state index contributed by atoms with van der Waals surface area (Å²) in [5, 5.41) is 13.4. The van der Waals surface area contributed by atoms with E-state index in [2.05, 4.69) is 34.3 Å². The van der Waals surface area contributed by atoms with Crippen molar-refractivity contribution in [1.82, 2.24) is 9.97 Å². The van der Waals surface area contributed by atoms with Crippen molar-refractivity contribution in [3.05, 3.63) is 41.7 Å². The molecule has 0 aliphatic carbocycles. The minimum atomic E-state index is 0.234. The summed E-state index contributed by atoms with van der Waals surface area (Å²) in [6.07, 6.45) is 1.67. The molecule has 0 fully saturated rings. The molecule has 0 saturated carbocycles. The molecule has 0 unspecified atom stereocenters. The summed E-state index contributed by atoms with van der Waals surface area (Å²) in [5.74, 6) is 2.73. The van der Waals surface area contributed by atoms with Gasteiger partial charge in [0.05, 0.1) is 6.21 Å². The molecule has 1 aromatic carbocycles. The number of rotatable bonds is 5. The number of anilines is 2. The summed E-state index contributed by atoms with van der Waals surface area (Å²) in [6.45, 7) is 4.11. The van der Waals surface area contributed by atoms with Crippen LogP contribution >= 0.6 is 0 Å². The molecule has 0 spiro atoms. The van der Waals surface area contributed by atoms with E-state index in [0.29, 0.717) is 5.82 Å². The van der Waals surface area contributed by atoms with Gasteiger partial charge >= 0.3 is 0 Å². The molecule has 0 atom stereocenters. The quantitative estimate of drug-likeness (QED) is 0.656. The van der Waals surface area contributed by atoms with Gasteiger partial charge in [0.15, 0.2) is 5.82 Å². The average Bonchev–Trinajstić information content (AvgIpc) is 2.49. The van der Waals surface area contributed by atoms with Crippen molar-refractivity contribution < 1.29 is 5.11 Å². The molecule has 0 aliphatic heterocycles. The van der Waals surface area contributed by atoms with Gasteiger partial charge in [-0.05, 0) is 29.8 Å². The number of nitrogens with one attached hydrogen (secondary N) is 1. The topological polar surface area (TPSA) is 73.6 Å². The highest BCUT2D eigenvalue weighted by molar-refractivity contribution is 5.80. The van der Waals surface area contributed by atoms with Gasteiger partial charge in [0.1, 0.15) is 17.4 Å². The second-order valence-electron chi connectivity index (χ2n) is 5.48. The third-order valence-electron chi connectivity index (χ3n) is 2.99. The van der Waals surface area contributed by atoms with Crippen molar-refractivity contribution in [1.29, 1.82) is 0 Å². The zero-order valence-electron chi connectivity index (χ0n) is 13.3. The molecule has 2 aromatic rings. The Bertz CT molecular complexity index is 624. The van der Waals surface area contributed by atoms with Crippen LogP contribution < -0.4 is 10.3 Å². The number of phenolic OH excluding ortho intramolecular Hbond substituents is 1. The Labute approximate surface area is 130 Å². The molecule has 0 aliphatic rings. The Morgan fingerprint density at radius 3 is 2.45 bits per heavy atom. The molecule has 0 saturated heterocycles. The predicted octanol–water partition coefficient (Wildman–Crippen LogP) is 2.82. The van der Waals surface area contributed by atoms with Crippen LogP contribution in [0.5, 0.6) is 5.75 Å². The maximum Gasteiger partial charge on any atom is 0.152 e. The molecule has 1 aromatic heterocycles. The third-order valence-corrected chi connectivity index (χ3v) is 2.99. The first-order chi connectivity index (χ1) is 10.5. The molecule has 22 heavy (non-hydrogen) atoms. The second-order valence-corrected chi connectivity index (χ2v) is 5.48. The molecule has 0 bridgehead atoms. The summed E-state index contributed by atoms with van der Waals surface area (Å²) in [6, 6.07) is 8.65. The zero-order chi connectivity index (χ0) is 16.1. The molecular formula is C16H21N5O. The van der Waals surface area contributed by atoms with Crippen molar-refractivity contribution in [3.63, 3.8) is 0 Å². The number of aromatic hydroxyl groups is 1. The number of aromatic nitrogens is 2. The Hall–Kier alpha value is -2.63. The smallest absolute Gasteiger partial charge is 0.152 e. The highest BCUT2D eigenvalue weighted by atomic mass is 16.3. The fourth-order valence-corrected chi connectivity index (χ4v) is 1.73. The summed E-state index contributed by atoms with van der Waals surface area (Å²) in [5.41, 5.74) is 3.81. The van der Waals surface area contributed by atoms with Crippen molar-refractivity contribution in [2.45, 2.75) is 19.8 Å². The monoisotopic (exact) mass is 299 g/mol. The van der Waals surface area contributed by atoms with Crippen LogP contribution in [-0.4, -0.2) is 35.4 Å². The zero-order valence-corrected chi connectivity index (χ0v) is 13.3. The van der Waals surface area contributed by atoms with Crippen molar-refractivity contribution in [3.8, 4) is 5.75 Å². The van der Waals surface area contributed by atoms with Crippen LogP contribution in [0.4, 0.5) is 11.6 Å². The van der Waals surface area contributed by atoms with Crippen molar-refractivity contribution in [2.24, 2.45) is 5.10 Å². The lowest BCUT2D eigenvalue weighted by atomic mass is 10.2. The first kappa shape index (κ1) is 15.8. The van der Waals surface area contributed by atoms with E-state index < -0.39 is 0 Å². The van der Waals surface area contributed by atoms with Crippen LogP contribution in [0.15, 0.2) is 35.4 Å². The van der Waals surface area contributed by atoms with E-state index >= 15 is 0 Å². The van der Waals surface area contributed by atoms with Crippen molar-refractivity contribution >= 4 is 17.9 Å². The fourth-order valence-electron chi connectivity index (χ4n) is 1.73. The number of benzene rings is 1. The first-order valence-electron chi connectivity index (χ1n) is 7.10. The molecule has 0 radical (unpaired) electrons. The maximum atomic E-state index is 9.24. The number of nitrogens with zero attached hydrogens (tertiary/aromatic N) is 4. The van der Waals surface area contributed by atoms with Crippen molar-refractivity contribution in [2.75, 3.05) is 24.4 Å².